The molecule has 0 atom stereocenters. The third kappa shape index (κ3) is 5.57. The summed E-state index contributed by atoms with van der Waals surface area (Å²) in [6.07, 6.45) is 1.63. The summed E-state index contributed by atoms with van der Waals surface area (Å²) in [5, 5.41) is 5.18. The summed E-state index contributed by atoms with van der Waals surface area (Å²) >= 11 is 0. The molecule has 3 rings (SSSR count). The zero-order valence-electron chi connectivity index (χ0n) is 16.6. The Hall–Kier alpha value is -3.87. The van der Waals surface area contributed by atoms with Crippen molar-refractivity contribution in [1.29, 1.82) is 0 Å². The standard InChI is InChI=1S/C23H23N3O4/c1-2-30-19-12-10-18(11-13-19)25-21(27)15-24-22(28)20-9-6-14-26(23(20)29)16-17-7-4-3-5-8-17/h3-14H,2,15-16H2,1H3,(H,24,28)(H,25,27). The van der Waals surface area contributed by atoms with Gasteiger partial charge >= 0.3 is 0 Å². The topological polar surface area (TPSA) is 89.4 Å². The van der Waals surface area contributed by atoms with Crippen molar-refractivity contribution in [1.82, 2.24) is 9.88 Å². The molecule has 0 aliphatic heterocycles. The number of hydrogen-bond donors (Lipinski definition) is 2. The van der Waals surface area contributed by atoms with Gasteiger partial charge in [-0.05, 0) is 48.9 Å². The molecule has 0 fully saturated rings. The average Bonchev–Trinajstić information content (AvgIpc) is 2.76. The van der Waals surface area contributed by atoms with Gasteiger partial charge in [0, 0.05) is 11.9 Å². The number of amides is 2. The second-order valence-electron chi connectivity index (χ2n) is 6.53. The molecule has 0 saturated heterocycles. The van der Waals surface area contributed by atoms with Crippen molar-refractivity contribution in [3.63, 3.8) is 0 Å². The van der Waals surface area contributed by atoms with Crippen LogP contribution in [-0.4, -0.2) is 29.5 Å². The van der Waals surface area contributed by atoms with Crippen molar-refractivity contribution in [3.05, 3.63) is 94.4 Å². The molecule has 0 spiro atoms. The predicted molar refractivity (Wildman–Crippen MR) is 115 cm³/mol. The van der Waals surface area contributed by atoms with Gasteiger partial charge < -0.3 is 19.9 Å². The first kappa shape index (κ1) is 20.9. The smallest absolute Gasteiger partial charge is 0.263 e. The number of pyridine rings is 1. The number of rotatable bonds is 8. The van der Waals surface area contributed by atoms with Crippen molar-refractivity contribution < 1.29 is 14.3 Å². The summed E-state index contributed by atoms with van der Waals surface area (Å²) in [4.78, 5) is 37.2. The van der Waals surface area contributed by atoms with Crippen molar-refractivity contribution in [2.45, 2.75) is 13.5 Å². The van der Waals surface area contributed by atoms with Gasteiger partial charge in [0.25, 0.3) is 11.5 Å². The van der Waals surface area contributed by atoms with Gasteiger partial charge in [-0.25, -0.2) is 0 Å². The van der Waals surface area contributed by atoms with E-state index >= 15 is 0 Å². The van der Waals surface area contributed by atoms with Gasteiger partial charge in [0.05, 0.1) is 19.7 Å². The van der Waals surface area contributed by atoms with Crippen LogP contribution in [0, 0.1) is 0 Å². The summed E-state index contributed by atoms with van der Waals surface area (Å²) in [6.45, 7) is 2.56. The van der Waals surface area contributed by atoms with Gasteiger partial charge in [-0.3, -0.25) is 14.4 Å². The lowest BCUT2D eigenvalue weighted by atomic mass is 10.2. The van der Waals surface area contributed by atoms with Crippen LogP contribution in [0.1, 0.15) is 22.8 Å². The van der Waals surface area contributed by atoms with E-state index in [9.17, 15) is 14.4 Å². The van der Waals surface area contributed by atoms with Crippen LogP contribution in [0.15, 0.2) is 77.7 Å². The van der Waals surface area contributed by atoms with E-state index in [1.165, 1.54) is 10.6 Å². The van der Waals surface area contributed by atoms with Gasteiger partial charge in [-0.1, -0.05) is 30.3 Å². The maximum atomic E-state index is 12.6. The first-order chi connectivity index (χ1) is 14.6. The lowest BCUT2D eigenvalue weighted by Gasteiger charge is -2.10. The van der Waals surface area contributed by atoms with Gasteiger partial charge in [0.1, 0.15) is 11.3 Å². The fraction of sp³-hybridized carbons (Fsp3) is 0.174. The second-order valence-corrected chi connectivity index (χ2v) is 6.53. The minimum absolute atomic E-state index is 0.0118. The van der Waals surface area contributed by atoms with E-state index in [2.05, 4.69) is 10.6 Å². The monoisotopic (exact) mass is 405 g/mol. The number of nitrogens with zero attached hydrogens (tertiary/aromatic N) is 1. The Balaban J connectivity index is 1.58. The van der Waals surface area contributed by atoms with E-state index in [1.807, 2.05) is 37.3 Å². The lowest BCUT2D eigenvalue weighted by molar-refractivity contribution is -0.115. The number of hydrogen-bond acceptors (Lipinski definition) is 4. The summed E-state index contributed by atoms with van der Waals surface area (Å²) in [6, 6.07) is 19.5. The molecule has 2 aromatic carbocycles. The molecule has 0 saturated carbocycles. The summed E-state index contributed by atoms with van der Waals surface area (Å²) in [5.41, 5.74) is 1.11. The SMILES string of the molecule is CCOc1ccc(NC(=O)CNC(=O)c2cccn(Cc3ccccc3)c2=O)cc1. The molecule has 7 nitrogen and oxygen atoms in total. The zero-order chi connectivity index (χ0) is 21.3. The Morgan fingerprint density at radius 3 is 2.40 bits per heavy atom. The number of aromatic nitrogens is 1. The predicted octanol–water partition coefficient (Wildman–Crippen LogP) is 2.66. The third-order valence-corrected chi connectivity index (χ3v) is 4.32. The van der Waals surface area contributed by atoms with Gasteiger partial charge in [0.15, 0.2) is 0 Å². The minimum atomic E-state index is -0.593. The molecule has 0 aliphatic rings. The van der Waals surface area contributed by atoms with E-state index in [-0.39, 0.29) is 12.1 Å². The van der Waals surface area contributed by atoms with E-state index in [0.717, 1.165) is 5.56 Å². The van der Waals surface area contributed by atoms with E-state index in [1.54, 1.807) is 36.5 Å². The minimum Gasteiger partial charge on any atom is -0.494 e. The van der Waals surface area contributed by atoms with Crippen LogP contribution in [0.5, 0.6) is 5.75 Å². The highest BCUT2D eigenvalue weighted by molar-refractivity contribution is 5.99. The Morgan fingerprint density at radius 2 is 1.70 bits per heavy atom. The molecular formula is C23H23N3O4. The summed E-state index contributed by atoms with van der Waals surface area (Å²) in [5.74, 6) is -0.281. The van der Waals surface area contributed by atoms with Crippen LogP contribution >= 0.6 is 0 Å². The lowest BCUT2D eigenvalue weighted by Crippen LogP contribution is -2.37. The molecule has 2 amide bonds. The molecular weight excluding hydrogens is 382 g/mol. The number of ether oxygens (including phenoxy) is 1. The summed E-state index contributed by atoms with van der Waals surface area (Å²) in [7, 11) is 0. The molecule has 3 aromatic rings. The Kier molecular flexibility index (Phi) is 7.00. The first-order valence-electron chi connectivity index (χ1n) is 9.61. The fourth-order valence-corrected chi connectivity index (χ4v) is 2.88. The van der Waals surface area contributed by atoms with Crippen LogP contribution in [0.3, 0.4) is 0 Å². The van der Waals surface area contributed by atoms with Crippen LogP contribution < -0.4 is 20.9 Å². The Morgan fingerprint density at radius 1 is 0.967 bits per heavy atom. The highest BCUT2D eigenvalue weighted by atomic mass is 16.5. The van der Waals surface area contributed by atoms with Gasteiger partial charge in [-0.15, -0.1) is 0 Å². The fourth-order valence-electron chi connectivity index (χ4n) is 2.88. The third-order valence-electron chi connectivity index (χ3n) is 4.32. The zero-order valence-corrected chi connectivity index (χ0v) is 16.6. The molecule has 30 heavy (non-hydrogen) atoms. The molecule has 1 aromatic heterocycles. The van der Waals surface area contributed by atoms with Crippen molar-refractivity contribution in [2.24, 2.45) is 0 Å². The molecule has 0 bridgehead atoms. The molecule has 1 heterocycles. The highest BCUT2D eigenvalue weighted by Gasteiger charge is 2.13. The number of carbonyl (C=O) groups is 2. The van der Waals surface area contributed by atoms with Crippen LogP contribution in [-0.2, 0) is 11.3 Å². The van der Waals surface area contributed by atoms with E-state index in [4.69, 9.17) is 4.74 Å². The van der Waals surface area contributed by atoms with Gasteiger partial charge in [0.2, 0.25) is 5.91 Å². The van der Waals surface area contributed by atoms with Gasteiger partial charge in [-0.2, -0.15) is 0 Å². The number of carbonyl (C=O) groups excluding carboxylic acids is 2. The molecule has 7 heteroatoms. The maximum Gasteiger partial charge on any atom is 0.263 e. The summed E-state index contributed by atoms with van der Waals surface area (Å²) < 4.78 is 6.81. The van der Waals surface area contributed by atoms with Crippen molar-refractivity contribution in [3.8, 4) is 5.75 Å². The molecule has 0 aliphatic carbocycles. The maximum absolute atomic E-state index is 12.6. The van der Waals surface area contributed by atoms with E-state index < -0.39 is 17.4 Å². The Labute approximate surface area is 174 Å². The quantitative estimate of drug-likeness (QED) is 0.603. The van der Waals surface area contributed by atoms with Crippen LogP contribution in [0.4, 0.5) is 5.69 Å². The second kappa shape index (κ2) is 10.1. The molecule has 154 valence electrons. The normalized spacial score (nSPS) is 10.3. The number of nitrogens with one attached hydrogen (secondary N) is 2. The van der Waals surface area contributed by atoms with Crippen LogP contribution in [0.2, 0.25) is 0 Å². The number of benzene rings is 2. The largest absolute Gasteiger partial charge is 0.494 e. The molecule has 0 unspecified atom stereocenters. The highest BCUT2D eigenvalue weighted by Crippen LogP contribution is 2.15. The molecule has 0 radical (unpaired) electrons. The number of anilines is 1. The average molecular weight is 405 g/mol. The van der Waals surface area contributed by atoms with E-state index in [0.29, 0.717) is 24.6 Å². The Bertz CT molecular complexity index is 1060. The first-order valence-corrected chi connectivity index (χ1v) is 9.61. The van der Waals surface area contributed by atoms with Crippen LogP contribution in [0.25, 0.3) is 0 Å². The molecule has 2 N–H and O–H groups in total. The van der Waals surface area contributed by atoms with Crippen molar-refractivity contribution >= 4 is 17.5 Å². The van der Waals surface area contributed by atoms with Crippen molar-refractivity contribution in [2.75, 3.05) is 18.5 Å².